The molecule has 4 rings (SSSR count). The molecule has 0 bridgehead atoms. The lowest BCUT2D eigenvalue weighted by molar-refractivity contribution is 0.174. The molecule has 156 valence electrons. The van der Waals surface area contributed by atoms with Crippen molar-refractivity contribution >= 4 is 28.9 Å². The Kier molecular flexibility index (Phi) is 6.41. The molecule has 3 aromatic carbocycles. The molecule has 0 fully saturated rings. The Bertz CT molecular complexity index is 1040. The molecular formula is C23H21Cl2NO4. The van der Waals surface area contributed by atoms with Gasteiger partial charge in [0, 0.05) is 40.0 Å². The molecule has 1 aliphatic heterocycles. The average molecular weight is 446 g/mol. The van der Waals surface area contributed by atoms with Crippen molar-refractivity contribution in [1.29, 1.82) is 0 Å². The van der Waals surface area contributed by atoms with E-state index in [1.807, 2.05) is 55.5 Å². The maximum absolute atomic E-state index is 6.53. The summed E-state index contributed by atoms with van der Waals surface area (Å²) in [7, 11) is 0. The Hall–Kier alpha value is -2.76. The molecule has 0 aliphatic carbocycles. The Morgan fingerprint density at radius 2 is 1.67 bits per heavy atom. The largest absolute Gasteiger partial charge is 0.490 e. The third-order valence-corrected chi connectivity index (χ3v) is 5.33. The second-order valence-electron chi connectivity index (χ2n) is 6.63. The molecule has 7 heteroatoms. The number of hydrogen-bond acceptors (Lipinski definition) is 5. The Morgan fingerprint density at radius 1 is 0.867 bits per heavy atom. The molecule has 30 heavy (non-hydrogen) atoms. The van der Waals surface area contributed by atoms with Crippen LogP contribution in [0.25, 0.3) is 0 Å². The molecule has 0 amide bonds. The number of fused-ring (bicyclic) bond motifs is 1. The van der Waals surface area contributed by atoms with Crippen molar-refractivity contribution in [2.45, 2.75) is 20.1 Å². The Balaban J connectivity index is 1.48. The van der Waals surface area contributed by atoms with Crippen molar-refractivity contribution in [2.24, 2.45) is 0 Å². The lowest BCUT2D eigenvalue weighted by Gasteiger charge is -2.16. The first-order chi connectivity index (χ1) is 14.6. The summed E-state index contributed by atoms with van der Waals surface area (Å²) in [5.41, 5.74) is 2.70. The summed E-state index contributed by atoms with van der Waals surface area (Å²) >= 11 is 12.7. The fraction of sp³-hybridized carbons (Fsp3) is 0.217. The van der Waals surface area contributed by atoms with E-state index in [0.29, 0.717) is 41.3 Å². The predicted octanol–water partition coefficient (Wildman–Crippen LogP) is 6.31. The molecule has 5 nitrogen and oxygen atoms in total. The highest BCUT2D eigenvalue weighted by atomic mass is 35.5. The second-order valence-corrected chi connectivity index (χ2v) is 7.44. The van der Waals surface area contributed by atoms with Gasteiger partial charge in [-0.15, -0.1) is 0 Å². The van der Waals surface area contributed by atoms with Crippen molar-refractivity contribution < 1.29 is 18.9 Å². The van der Waals surface area contributed by atoms with Gasteiger partial charge in [0.25, 0.3) is 0 Å². The fourth-order valence-electron chi connectivity index (χ4n) is 3.07. The van der Waals surface area contributed by atoms with Crippen LogP contribution in [0.1, 0.15) is 18.1 Å². The highest BCUT2D eigenvalue weighted by Gasteiger charge is 2.15. The van der Waals surface area contributed by atoms with Gasteiger partial charge in [-0.05, 0) is 36.8 Å². The quantitative estimate of drug-likeness (QED) is 0.439. The summed E-state index contributed by atoms with van der Waals surface area (Å²) in [6, 6.07) is 17.0. The third kappa shape index (κ3) is 4.69. The van der Waals surface area contributed by atoms with E-state index < -0.39 is 0 Å². The molecule has 0 atom stereocenters. The van der Waals surface area contributed by atoms with Gasteiger partial charge >= 0.3 is 0 Å². The summed E-state index contributed by atoms with van der Waals surface area (Å²) in [6.45, 7) is 3.53. The molecular weight excluding hydrogens is 425 g/mol. The monoisotopic (exact) mass is 445 g/mol. The fourth-order valence-corrected chi connectivity index (χ4v) is 3.48. The van der Waals surface area contributed by atoms with E-state index in [2.05, 4.69) is 5.32 Å². The van der Waals surface area contributed by atoms with Gasteiger partial charge in [0.2, 0.25) is 6.79 Å². The predicted molar refractivity (Wildman–Crippen MR) is 118 cm³/mol. The molecule has 0 saturated carbocycles. The summed E-state index contributed by atoms with van der Waals surface area (Å²) in [6.07, 6.45) is 0. The van der Waals surface area contributed by atoms with E-state index >= 15 is 0 Å². The number of benzene rings is 3. The average Bonchev–Trinajstić information content (AvgIpc) is 3.22. The van der Waals surface area contributed by atoms with Crippen LogP contribution >= 0.6 is 23.2 Å². The lowest BCUT2D eigenvalue weighted by Crippen LogP contribution is -2.04. The first kappa shape index (κ1) is 20.5. The molecule has 0 spiro atoms. The number of halogens is 2. The molecule has 0 saturated heterocycles. The molecule has 0 radical (unpaired) electrons. The van der Waals surface area contributed by atoms with Crippen molar-refractivity contribution in [3.63, 3.8) is 0 Å². The molecule has 0 unspecified atom stereocenters. The number of anilines is 1. The van der Waals surface area contributed by atoms with Crippen molar-refractivity contribution in [3.05, 3.63) is 75.8 Å². The zero-order valence-electron chi connectivity index (χ0n) is 16.4. The first-order valence-electron chi connectivity index (χ1n) is 9.59. The number of rotatable bonds is 8. The van der Waals surface area contributed by atoms with Gasteiger partial charge in [-0.1, -0.05) is 41.4 Å². The van der Waals surface area contributed by atoms with Gasteiger partial charge in [0.1, 0.15) is 6.61 Å². The summed E-state index contributed by atoms with van der Waals surface area (Å²) in [5, 5.41) is 4.59. The number of ether oxygens (including phenoxy) is 4. The Labute approximate surface area is 185 Å². The van der Waals surface area contributed by atoms with E-state index in [9.17, 15) is 0 Å². The van der Waals surface area contributed by atoms with Crippen molar-refractivity contribution in [2.75, 3.05) is 18.7 Å². The molecule has 1 N–H and O–H groups in total. The second kappa shape index (κ2) is 9.37. The van der Waals surface area contributed by atoms with Crippen molar-refractivity contribution in [3.8, 4) is 23.0 Å². The van der Waals surface area contributed by atoms with Crippen LogP contribution in [0.4, 0.5) is 5.69 Å². The SMILES string of the molecule is CCOc1cc(CNc2ccc3c(c2)OCO3)c(Cl)cc1OCc1ccccc1Cl. The van der Waals surface area contributed by atoms with E-state index in [-0.39, 0.29) is 6.79 Å². The van der Waals surface area contributed by atoms with Gasteiger partial charge in [0.15, 0.2) is 23.0 Å². The van der Waals surface area contributed by atoms with Crippen LogP contribution in [0.3, 0.4) is 0 Å². The minimum atomic E-state index is 0.248. The minimum Gasteiger partial charge on any atom is -0.490 e. The first-order valence-corrected chi connectivity index (χ1v) is 10.3. The maximum Gasteiger partial charge on any atom is 0.231 e. The highest BCUT2D eigenvalue weighted by molar-refractivity contribution is 6.31. The van der Waals surface area contributed by atoms with E-state index in [1.165, 1.54) is 0 Å². The van der Waals surface area contributed by atoms with Gasteiger partial charge in [-0.3, -0.25) is 0 Å². The third-order valence-electron chi connectivity index (χ3n) is 4.61. The van der Waals surface area contributed by atoms with Gasteiger partial charge in [-0.2, -0.15) is 0 Å². The van der Waals surface area contributed by atoms with Crippen LogP contribution in [0.15, 0.2) is 54.6 Å². The van der Waals surface area contributed by atoms with Crippen LogP contribution in [0.5, 0.6) is 23.0 Å². The van der Waals surface area contributed by atoms with Gasteiger partial charge in [-0.25, -0.2) is 0 Å². The van der Waals surface area contributed by atoms with Crippen molar-refractivity contribution in [1.82, 2.24) is 0 Å². The number of hydrogen-bond donors (Lipinski definition) is 1. The molecule has 3 aromatic rings. The topological polar surface area (TPSA) is 49.0 Å². The van der Waals surface area contributed by atoms with Crippen LogP contribution in [0, 0.1) is 0 Å². The Morgan fingerprint density at radius 3 is 2.50 bits per heavy atom. The van der Waals surface area contributed by atoms with Crippen LogP contribution in [0.2, 0.25) is 10.0 Å². The standard InChI is InChI=1S/C23H21Cl2NO4/c1-2-27-21-9-16(12-26-17-7-8-20-22(10-17)30-14-29-20)19(25)11-23(21)28-13-15-5-3-4-6-18(15)24/h3-11,26H,2,12-14H2,1H3. The zero-order chi connectivity index (χ0) is 20.9. The van der Waals surface area contributed by atoms with E-state index in [0.717, 1.165) is 28.3 Å². The lowest BCUT2D eigenvalue weighted by atomic mass is 10.2. The zero-order valence-corrected chi connectivity index (χ0v) is 17.9. The molecule has 1 aliphatic rings. The number of nitrogens with one attached hydrogen (secondary N) is 1. The van der Waals surface area contributed by atoms with E-state index in [4.69, 9.17) is 42.1 Å². The minimum absolute atomic E-state index is 0.248. The summed E-state index contributed by atoms with van der Waals surface area (Å²) in [5.74, 6) is 2.69. The summed E-state index contributed by atoms with van der Waals surface area (Å²) < 4.78 is 22.5. The van der Waals surface area contributed by atoms with Gasteiger partial charge < -0.3 is 24.3 Å². The highest BCUT2D eigenvalue weighted by Crippen LogP contribution is 2.36. The van der Waals surface area contributed by atoms with Gasteiger partial charge in [0.05, 0.1) is 6.61 Å². The normalized spacial score (nSPS) is 12.0. The van der Waals surface area contributed by atoms with Crippen LogP contribution < -0.4 is 24.3 Å². The smallest absolute Gasteiger partial charge is 0.231 e. The maximum atomic E-state index is 6.53. The van der Waals surface area contributed by atoms with Crippen LogP contribution in [-0.2, 0) is 13.2 Å². The van der Waals surface area contributed by atoms with E-state index in [1.54, 1.807) is 6.07 Å². The molecule has 0 aromatic heterocycles. The summed E-state index contributed by atoms with van der Waals surface area (Å²) in [4.78, 5) is 0. The molecule has 1 heterocycles. The van der Waals surface area contributed by atoms with Crippen LogP contribution in [-0.4, -0.2) is 13.4 Å².